The Morgan fingerprint density at radius 2 is 1.89 bits per heavy atom. The Labute approximate surface area is 117 Å². The number of benzene rings is 1. The van der Waals surface area contributed by atoms with Gasteiger partial charge in [-0.05, 0) is 18.6 Å². The van der Waals surface area contributed by atoms with E-state index in [0.717, 1.165) is 10.9 Å². The summed E-state index contributed by atoms with van der Waals surface area (Å²) in [5.74, 6) is 0. The summed E-state index contributed by atoms with van der Waals surface area (Å²) in [5, 5.41) is 4.97. The number of rotatable bonds is 4. The number of ether oxygens (including phenoxy) is 2. The molecule has 19 heavy (non-hydrogen) atoms. The summed E-state index contributed by atoms with van der Waals surface area (Å²) in [6, 6.07) is 5.72. The van der Waals surface area contributed by atoms with Crippen molar-refractivity contribution in [2.75, 3.05) is 14.2 Å². The van der Waals surface area contributed by atoms with E-state index in [2.05, 4.69) is 5.10 Å². The quantitative estimate of drug-likeness (QED) is 0.795. The van der Waals surface area contributed by atoms with E-state index in [0.29, 0.717) is 11.2 Å². The summed E-state index contributed by atoms with van der Waals surface area (Å²) < 4.78 is 24.3. The monoisotopic (exact) mass is 286 g/mol. The van der Waals surface area contributed by atoms with Crippen LogP contribution >= 0.6 is 12.3 Å². The summed E-state index contributed by atoms with van der Waals surface area (Å²) in [5.41, 5.74) is 2.34. The third-order valence-corrected chi connectivity index (χ3v) is 2.96. The molecular formula is C13H19FN2O2S. The molecule has 0 bridgehead atoms. The van der Waals surface area contributed by atoms with Crippen molar-refractivity contribution in [1.82, 2.24) is 9.19 Å². The van der Waals surface area contributed by atoms with Crippen LogP contribution in [-0.4, -0.2) is 23.4 Å². The van der Waals surface area contributed by atoms with Crippen LogP contribution in [0.3, 0.4) is 0 Å². The minimum atomic E-state index is -0.589. The number of fused-ring (bicyclic) bond motifs is 1. The Kier molecular flexibility index (Phi) is 6.27. The highest BCUT2D eigenvalue weighted by Crippen LogP contribution is 2.29. The molecule has 0 aliphatic heterocycles. The third kappa shape index (κ3) is 3.26. The van der Waals surface area contributed by atoms with Gasteiger partial charge in [0.2, 0.25) is 6.29 Å². The van der Waals surface area contributed by atoms with Crippen molar-refractivity contribution in [3.05, 3.63) is 29.5 Å². The van der Waals surface area contributed by atoms with Crippen LogP contribution in [0, 0.1) is 6.92 Å². The fourth-order valence-corrected chi connectivity index (χ4v) is 2.11. The van der Waals surface area contributed by atoms with Gasteiger partial charge in [0.05, 0.1) is 5.52 Å². The second-order valence-electron chi connectivity index (χ2n) is 3.65. The molecule has 6 heteroatoms. The van der Waals surface area contributed by atoms with Gasteiger partial charge < -0.3 is 9.47 Å². The molecule has 0 radical (unpaired) electrons. The van der Waals surface area contributed by atoms with E-state index < -0.39 is 6.29 Å². The lowest BCUT2D eigenvalue weighted by Gasteiger charge is -2.10. The molecule has 0 N–H and O–H groups in total. The number of aromatic nitrogens is 2. The first-order valence-corrected chi connectivity index (χ1v) is 6.72. The lowest BCUT2D eigenvalue weighted by atomic mass is 10.1. The van der Waals surface area contributed by atoms with Crippen molar-refractivity contribution in [2.45, 2.75) is 27.1 Å². The van der Waals surface area contributed by atoms with Crippen molar-refractivity contribution in [1.29, 1.82) is 0 Å². The maximum Gasteiger partial charge on any atom is 0.203 e. The van der Waals surface area contributed by atoms with E-state index in [1.54, 1.807) is 0 Å². The first-order chi connectivity index (χ1) is 9.21. The number of hydrogen-bond donors (Lipinski definition) is 0. The van der Waals surface area contributed by atoms with E-state index in [-0.39, 0.29) is 12.3 Å². The minimum Gasteiger partial charge on any atom is -0.350 e. The highest BCUT2D eigenvalue weighted by atomic mass is 32.2. The molecule has 4 nitrogen and oxygen atoms in total. The van der Waals surface area contributed by atoms with Gasteiger partial charge in [0.15, 0.2) is 12.3 Å². The summed E-state index contributed by atoms with van der Waals surface area (Å²) in [6.07, 6.45) is -0.589. The topological polar surface area (TPSA) is 36.3 Å². The molecule has 106 valence electrons. The molecule has 2 aromatic rings. The average molecular weight is 286 g/mol. The van der Waals surface area contributed by atoms with Gasteiger partial charge in [0.25, 0.3) is 0 Å². The Hall–Kier alpha value is -1.11. The molecule has 1 heterocycles. The number of aryl methyl sites for hydroxylation is 1. The van der Waals surface area contributed by atoms with Gasteiger partial charge in [-0.2, -0.15) is 9.19 Å². The zero-order chi connectivity index (χ0) is 14.4. The van der Waals surface area contributed by atoms with E-state index in [1.807, 2.05) is 39.0 Å². The minimum absolute atomic E-state index is 0.0607. The van der Waals surface area contributed by atoms with Gasteiger partial charge in [-0.15, -0.1) is 3.89 Å². The molecule has 0 spiro atoms. The van der Waals surface area contributed by atoms with E-state index in [1.165, 1.54) is 18.3 Å². The first kappa shape index (κ1) is 15.9. The van der Waals surface area contributed by atoms with Crippen molar-refractivity contribution in [2.24, 2.45) is 0 Å². The maximum absolute atomic E-state index is 12.8. The summed E-state index contributed by atoms with van der Waals surface area (Å²) >= 11 is 0.0607. The third-order valence-electron chi connectivity index (χ3n) is 2.55. The van der Waals surface area contributed by atoms with Crippen LogP contribution in [0.5, 0.6) is 0 Å². The van der Waals surface area contributed by atoms with Crippen molar-refractivity contribution < 1.29 is 13.4 Å². The van der Waals surface area contributed by atoms with Crippen LogP contribution in [0.15, 0.2) is 18.2 Å². The molecule has 0 saturated carbocycles. The maximum atomic E-state index is 12.8. The van der Waals surface area contributed by atoms with Crippen LogP contribution in [0.4, 0.5) is 3.89 Å². The smallest absolute Gasteiger partial charge is 0.203 e. The summed E-state index contributed by atoms with van der Waals surface area (Å²) in [6.45, 7) is 5.95. The first-order valence-electron chi connectivity index (χ1n) is 6.05. The molecule has 0 aliphatic carbocycles. The number of nitrogens with zero attached hydrogens (tertiary/aromatic N) is 2. The van der Waals surface area contributed by atoms with Gasteiger partial charge in [0, 0.05) is 19.6 Å². The van der Waals surface area contributed by atoms with Gasteiger partial charge in [-0.1, -0.05) is 26.0 Å². The van der Waals surface area contributed by atoms with Crippen LogP contribution in [0.25, 0.3) is 10.9 Å². The molecule has 2 rings (SSSR count). The lowest BCUT2D eigenvalue weighted by Crippen LogP contribution is -2.05. The number of hydrogen-bond acceptors (Lipinski definition) is 4. The molecule has 0 fully saturated rings. The van der Waals surface area contributed by atoms with Gasteiger partial charge >= 0.3 is 0 Å². The Balaban J connectivity index is 0.000000861. The van der Waals surface area contributed by atoms with Gasteiger partial charge in [-0.3, -0.25) is 0 Å². The molecule has 0 amide bonds. The Morgan fingerprint density at radius 1 is 1.26 bits per heavy atom. The van der Waals surface area contributed by atoms with Gasteiger partial charge in [0.1, 0.15) is 5.69 Å². The van der Waals surface area contributed by atoms with Crippen LogP contribution in [0.2, 0.25) is 0 Å². The molecule has 0 atom stereocenters. The standard InChI is InChI=1S/C11H13FN2O2S.C2H6/c1-7-4-5-8-9(6-7)14(17-12)13-10(8)11(15-2)16-3;1-2/h4-6,11H,1-3H3;1-2H3. The normalized spacial score (nSPS) is 10.7. The molecular weight excluding hydrogens is 267 g/mol. The van der Waals surface area contributed by atoms with Crippen LogP contribution in [-0.2, 0) is 9.47 Å². The van der Waals surface area contributed by atoms with Gasteiger partial charge in [-0.25, -0.2) is 0 Å². The molecule has 0 saturated heterocycles. The fraction of sp³-hybridized carbons (Fsp3) is 0.462. The lowest BCUT2D eigenvalue weighted by molar-refractivity contribution is -0.107. The fourth-order valence-electron chi connectivity index (χ4n) is 1.77. The molecule has 0 aliphatic rings. The van der Waals surface area contributed by atoms with Crippen molar-refractivity contribution >= 4 is 23.2 Å². The van der Waals surface area contributed by atoms with E-state index in [4.69, 9.17) is 9.47 Å². The number of halogens is 1. The summed E-state index contributed by atoms with van der Waals surface area (Å²) in [4.78, 5) is 0. The predicted molar refractivity (Wildman–Crippen MR) is 76.7 cm³/mol. The summed E-state index contributed by atoms with van der Waals surface area (Å²) in [7, 11) is 3.05. The van der Waals surface area contributed by atoms with E-state index >= 15 is 0 Å². The number of methoxy groups -OCH3 is 2. The van der Waals surface area contributed by atoms with Crippen molar-refractivity contribution in [3.8, 4) is 0 Å². The SMILES string of the molecule is CC.COC(OC)c1nn(SF)c2cc(C)ccc12. The zero-order valence-electron chi connectivity index (χ0n) is 11.8. The highest BCUT2D eigenvalue weighted by Gasteiger charge is 2.19. The van der Waals surface area contributed by atoms with Crippen molar-refractivity contribution in [3.63, 3.8) is 0 Å². The highest BCUT2D eigenvalue weighted by molar-refractivity contribution is 7.92. The largest absolute Gasteiger partial charge is 0.350 e. The molecule has 1 aromatic carbocycles. The van der Waals surface area contributed by atoms with Crippen LogP contribution < -0.4 is 0 Å². The molecule has 0 unspecified atom stereocenters. The van der Waals surface area contributed by atoms with Crippen LogP contribution in [0.1, 0.15) is 31.4 Å². The average Bonchev–Trinajstić information content (AvgIpc) is 2.80. The second-order valence-corrected chi connectivity index (χ2v) is 4.14. The Morgan fingerprint density at radius 3 is 2.42 bits per heavy atom. The predicted octanol–water partition coefficient (Wildman–Crippen LogP) is 4.04. The van der Waals surface area contributed by atoms with E-state index in [9.17, 15) is 3.89 Å². The zero-order valence-corrected chi connectivity index (χ0v) is 12.6. The molecule has 1 aromatic heterocycles. The Bertz CT molecular complexity index is 527. The second kappa shape index (κ2) is 7.47.